The van der Waals surface area contributed by atoms with Crippen molar-refractivity contribution in [2.24, 2.45) is 11.8 Å². The summed E-state index contributed by atoms with van der Waals surface area (Å²) in [6.45, 7) is 20.6. The van der Waals surface area contributed by atoms with E-state index in [4.69, 9.17) is 4.74 Å². The largest absolute Gasteiger partial charge is 0.375 e. The van der Waals surface area contributed by atoms with E-state index in [0.717, 1.165) is 25.0 Å². The lowest BCUT2D eigenvalue weighted by molar-refractivity contribution is -0.0201. The van der Waals surface area contributed by atoms with Gasteiger partial charge in [0, 0.05) is 25.2 Å². The maximum absolute atomic E-state index is 5.85. The van der Waals surface area contributed by atoms with Gasteiger partial charge in [-0.05, 0) is 85.7 Å². The molecule has 0 spiro atoms. The second kappa shape index (κ2) is 7.19. The van der Waals surface area contributed by atoms with Gasteiger partial charge in [-0.1, -0.05) is 0 Å². The lowest BCUT2D eigenvalue weighted by atomic mass is 9.82. The van der Waals surface area contributed by atoms with Gasteiger partial charge >= 0.3 is 0 Å². The van der Waals surface area contributed by atoms with Crippen molar-refractivity contribution in [3.05, 3.63) is 0 Å². The van der Waals surface area contributed by atoms with Crippen LogP contribution < -0.4 is 0 Å². The number of ether oxygens (including phenoxy) is 1. The Kier molecular flexibility index (Phi) is 5.95. The van der Waals surface area contributed by atoms with Gasteiger partial charge in [-0.3, -0.25) is 4.90 Å². The fourth-order valence-electron chi connectivity index (χ4n) is 3.66. The van der Waals surface area contributed by atoms with Crippen LogP contribution in [-0.2, 0) is 4.74 Å². The molecule has 130 valence electrons. The Morgan fingerprint density at radius 2 is 1.50 bits per heavy atom. The van der Waals surface area contributed by atoms with Gasteiger partial charge in [-0.25, -0.2) is 0 Å². The Bertz CT molecular complexity index is 328. The van der Waals surface area contributed by atoms with Crippen molar-refractivity contribution in [3.8, 4) is 0 Å². The fourth-order valence-corrected chi connectivity index (χ4v) is 3.66. The number of piperidine rings is 1. The summed E-state index contributed by atoms with van der Waals surface area (Å²) in [5, 5.41) is 0. The van der Waals surface area contributed by atoms with Gasteiger partial charge in [0.1, 0.15) is 0 Å². The monoisotopic (exact) mass is 310 g/mol. The minimum Gasteiger partial charge on any atom is -0.375 e. The first kappa shape index (κ1) is 18.2. The fraction of sp³-hybridized carbons (Fsp3) is 1.00. The zero-order valence-electron chi connectivity index (χ0n) is 15.8. The molecular formula is C19H38N2O. The quantitative estimate of drug-likeness (QED) is 0.771. The van der Waals surface area contributed by atoms with E-state index in [0.29, 0.717) is 5.54 Å². The summed E-state index contributed by atoms with van der Waals surface area (Å²) < 4.78 is 5.85. The number of likely N-dealkylation sites (tertiary alicyclic amines) is 2. The third kappa shape index (κ3) is 5.82. The summed E-state index contributed by atoms with van der Waals surface area (Å²) in [6, 6.07) is 0. The first-order valence-corrected chi connectivity index (χ1v) is 9.25. The molecule has 2 heterocycles. The molecule has 2 rings (SSSR count). The molecule has 0 aromatic heterocycles. The van der Waals surface area contributed by atoms with Crippen LogP contribution >= 0.6 is 0 Å². The van der Waals surface area contributed by atoms with Gasteiger partial charge in [-0.15, -0.1) is 0 Å². The number of hydrogen-bond donors (Lipinski definition) is 0. The molecule has 2 saturated heterocycles. The van der Waals surface area contributed by atoms with Gasteiger partial charge in [0.2, 0.25) is 0 Å². The van der Waals surface area contributed by atoms with Gasteiger partial charge < -0.3 is 9.64 Å². The highest BCUT2D eigenvalue weighted by Crippen LogP contribution is 2.32. The average Bonchev–Trinajstić information content (AvgIpc) is 2.32. The molecule has 3 nitrogen and oxygen atoms in total. The molecule has 0 unspecified atom stereocenters. The predicted molar refractivity (Wildman–Crippen MR) is 94.3 cm³/mol. The summed E-state index contributed by atoms with van der Waals surface area (Å²) in [5.74, 6) is 1.92. The van der Waals surface area contributed by atoms with Crippen molar-refractivity contribution in [2.75, 3.05) is 39.3 Å². The van der Waals surface area contributed by atoms with Crippen molar-refractivity contribution >= 4 is 0 Å². The van der Waals surface area contributed by atoms with E-state index in [1.54, 1.807) is 0 Å². The van der Waals surface area contributed by atoms with Crippen molar-refractivity contribution in [1.82, 2.24) is 9.80 Å². The van der Waals surface area contributed by atoms with E-state index in [-0.39, 0.29) is 5.60 Å². The van der Waals surface area contributed by atoms with Crippen LogP contribution in [0.3, 0.4) is 0 Å². The smallest absolute Gasteiger partial charge is 0.0600 e. The summed E-state index contributed by atoms with van der Waals surface area (Å²) >= 11 is 0. The summed E-state index contributed by atoms with van der Waals surface area (Å²) in [5.41, 5.74) is 0.369. The molecule has 0 aromatic carbocycles. The Hall–Kier alpha value is -0.120. The lowest BCUT2D eigenvalue weighted by Gasteiger charge is -2.49. The van der Waals surface area contributed by atoms with Crippen molar-refractivity contribution < 1.29 is 4.74 Å². The summed E-state index contributed by atoms with van der Waals surface area (Å²) in [6.07, 6.45) is 4.24. The van der Waals surface area contributed by atoms with Crippen molar-refractivity contribution in [3.63, 3.8) is 0 Å². The lowest BCUT2D eigenvalue weighted by Crippen LogP contribution is -2.56. The topological polar surface area (TPSA) is 15.7 Å². The molecule has 2 aliphatic heterocycles. The van der Waals surface area contributed by atoms with Crippen LogP contribution in [0.15, 0.2) is 0 Å². The zero-order valence-corrected chi connectivity index (χ0v) is 15.8. The first-order chi connectivity index (χ1) is 10.1. The van der Waals surface area contributed by atoms with Gasteiger partial charge in [0.25, 0.3) is 0 Å². The molecule has 0 aliphatic carbocycles. The summed E-state index contributed by atoms with van der Waals surface area (Å²) in [7, 11) is 0. The normalized spacial score (nSPS) is 23.7. The van der Waals surface area contributed by atoms with Crippen LogP contribution in [-0.4, -0.2) is 60.3 Å². The molecule has 0 saturated carbocycles. The van der Waals surface area contributed by atoms with Crippen LogP contribution in [0.4, 0.5) is 0 Å². The zero-order chi connectivity index (χ0) is 16.4. The van der Waals surface area contributed by atoms with Crippen LogP contribution in [0.2, 0.25) is 0 Å². The maximum Gasteiger partial charge on any atom is 0.0600 e. The SMILES string of the molecule is CC(C)(C)OCCN1CCC(CC2CN(C(C)(C)C)C2)CC1. The molecule has 0 aromatic rings. The van der Waals surface area contributed by atoms with Crippen LogP contribution in [0.1, 0.15) is 60.8 Å². The highest BCUT2D eigenvalue weighted by atomic mass is 16.5. The average molecular weight is 311 g/mol. The molecule has 0 bridgehead atoms. The molecule has 0 atom stereocenters. The number of nitrogens with zero attached hydrogens (tertiary/aromatic N) is 2. The second-order valence-corrected chi connectivity index (χ2v) is 9.42. The molecule has 0 amide bonds. The molecule has 2 aliphatic rings. The molecule has 22 heavy (non-hydrogen) atoms. The van der Waals surface area contributed by atoms with E-state index in [1.807, 2.05) is 0 Å². The van der Waals surface area contributed by atoms with Crippen molar-refractivity contribution in [1.29, 1.82) is 0 Å². The van der Waals surface area contributed by atoms with E-state index >= 15 is 0 Å². The Labute approximate surface area is 138 Å². The van der Waals surface area contributed by atoms with Gasteiger partial charge in [0.05, 0.1) is 12.2 Å². The summed E-state index contributed by atoms with van der Waals surface area (Å²) in [4.78, 5) is 5.21. The first-order valence-electron chi connectivity index (χ1n) is 9.25. The van der Waals surface area contributed by atoms with Crippen LogP contribution in [0.5, 0.6) is 0 Å². The third-order valence-electron chi connectivity index (χ3n) is 5.22. The molecule has 0 N–H and O–H groups in total. The minimum atomic E-state index is 0.00146. The van der Waals surface area contributed by atoms with E-state index in [9.17, 15) is 0 Å². The Morgan fingerprint density at radius 1 is 0.909 bits per heavy atom. The van der Waals surface area contributed by atoms with E-state index in [2.05, 4.69) is 51.3 Å². The van der Waals surface area contributed by atoms with Crippen LogP contribution in [0.25, 0.3) is 0 Å². The van der Waals surface area contributed by atoms with Gasteiger partial charge in [-0.2, -0.15) is 0 Å². The minimum absolute atomic E-state index is 0.00146. The Morgan fingerprint density at radius 3 is 2.00 bits per heavy atom. The maximum atomic E-state index is 5.85. The predicted octanol–water partition coefficient (Wildman–Crippen LogP) is 3.63. The molecular weight excluding hydrogens is 272 g/mol. The number of hydrogen-bond acceptors (Lipinski definition) is 3. The third-order valence-corrected chi connectivity index (χ3v) is 5.22. The van der Waals surface area contributed by atoms with Crippen LogP contribution in [0, 0.1) is 11.8 Å². The van der Waals surface area contributed by atoms with Gasteiger partial charge in [0.15, 0.2) is 0 Å². The van der Waals surface area contributed by atoms with E-state index in [1.165, 1.54) is 45.4 Å². The van der Waals surface area contributed by atoms with E-state index < -0.39 is 0 Å². The highest BCUT2D eigenvalue weighted by molar-refractivity contribution is 4.90. The Balaban J connectivity index is 1.57. The number of rotatable bonds is 5. The molecule has 0 radical (unpaired) electrons. The standard InChI is InChI=1S/C19H38N2O/c1-18(2,3)21-14-17(15-21)13-16-7-9-20(10-8-16)11-12-22-19(4,5)6/h16-17H,7-15H2,1-6H3. The highest BCUT2D eigenvalue weighted by Gasteiger charge is 2.35. The molecule has 2 fully saturated rings. The molecule has 3 heteroatoms. The second-order valence-electron chi connectivity index (χ2n) is 9.42. The van der Waals surface area contributed by atoms with Crippen molar-refractivity contribution in [2.45, 2.75) is 71.9 Å².